The molecule has 1 amide bonds. The van der Waals surface area contributed by atoms with Crippen LogP contribution in [0.5, 0.6) is 0 Å². The number of carbonyl (C=O) groups excluding carboxylic acids is 1. The maximum Gasteiger partial charge on any atom is 0.243 e. The molecule has 0 radical (unpaired) electrons. The standard InChI is InChI=1S/C17H27N3O4S/c1-13-4-5-14(2)16(10-13)25(22,23)20-8-6-19(7-9-20)17(21)11-15(12-18)24-3/h4-5,10,15H,6-9,11-12,18H2,1-3H3. The molecule has 140 valence electrons. The molecule has 0 aromatic heterocycles. The molecule has 0 bridgehead atoms. The summed E-state index contributed by atoms with van der Waals surface area (Å²) < 4.78 is 32.4. The number of aryl methyl sites for hydroxylation is 2. The van der Waals surface area contributed by atoms with Gasteiger partial charge < -0.3 is 15.4 Å². The lowest BCUT2D eigenvalue weighted by molar-refractivity contribution is -0.134. The zero-order chi connectivity index (χ0) is 18.6. The number of nitrogens with zero attached hydrogens (tertiary/aromatic N) is 2. The number of carbonyl (C=O) groups is 1. The maximum absolute atomic E-state index is 12.9. The van der Waals surface area contributed by atoms with Gasteiger partial charge in [0, 0.05) is 39.8 Å². The Morgan fingerprint density at radius 2 is 1.88 bits per heavy atom. The van der Waals surface area contributed by atoms with Crippen molar-refractivity contribution in [3.05, 3.63) is 29.3 Å². The van der Waals surface area contributed by atoms with E-state index in [0.29, 0.717) is 31.1 Å². The van der Waals surface area contributed by atoms with Crippen LogP contribution in [0.3, 0.4) is 0 Å². The first kappa shape index (κ1) is 19.8. The minimum atomic E-state index is -3.55. The molecular weight excluding hydrogens is 342 g/mol. The molecule has 1 aromatic carbocycles. The summed E-state index contributed by atoms with van der Waals surface area (Å²) in [5, 5.41) is 0. The summed E-state index contributed by atoms with van der Waals surface area (Å²) in [4.78, 5) is 14.3. The lowest BCUT2D eigenvalue weighted by Gasteiger charge is -2.34. The largest absolute Gasteiger partial charge is 0.380 e. The Morgan fingerprint density at radius 1 is 1.24 bits per heavy atom. The van der Waals surface area contributed by atoms with Crippen molar-refractivity contribution in [2.75, 3.05) is 39.8 Å². The molecule has 1 aliphatic heterocycles. The number of hydrogen-bond acceptors (Lipinski definition) is 5. The third-order valence-corrected chi connectivity index (χ3v) is 6.59. The van der Waals surface area contributed by atoms with Crippen molar-refractivity contribution in [2.24, 2.45) is 5.73 Å². The first-order valence-corrected chi connectivity index (χ1v) is 9.81. The fourth-order valence-electron chi connectivity index (χ4n) is 2.89. The smallest absolute Gasteiger partial charge is 0.243 e. The minimum absolute atomic E-state index is 0.0546. The van der Waals surface area contributed by atoms with Gasteiger partial charge in [-0.1, -0.05) is 12.1 Å². The van der Waals surface area contributed by atoms with Crippen molar-refractivity contribution in [3.63, 3.8) is 0 Å². The Labute approximate surface area is 149 Å². The number of piperazine rings is 1. The molecule has 0 saturated carbocycles. The first-order chi connectivity index (χ1) is 11.8. The van der Waals surface area contributed by atoms with E-state index in [4.69, 9.17) is 10.5 Å². The maximum atomic E-state index is 12.9. The normalized spacial score (nSPS) is 17.5. The van der Waals surface area contributed by atoms with Gasteiger partial charge in [-0.15, -0.1) is 0 Å². The van der Waals surface area contributed by atoms with Crippen LogP contribution in [0.25, 0.3) is 0 Å². The van der Waals surface area contributed by atoms with Gasteiger partial charge in [0.05, 0.1) is 17.4 Å². The second-order valence-electron chi connectivity index (χ2n) is 6.35. The third kappa shape index (κ3) is 4.58. The molecule has 1 saturated heterocycles. The van der Waals surface area contributed by atoms with Crippen molar-refractivity contribution in [3.8, 4) is 0 Å². The summed E-state index contributed by atoms with van der Waals surface area (Å²) in [5.74, 6) is -0.0546. The molecule has 0 spiro atoms. The number of methoxy groups -OCH3 is 1. The number of rotatable bonds is 6. The van der Waals surface area contributed by atoms with Gasteiger partial charge in [-0.3, -0.25) is 4.79 Å². The van der Waals surface area contributed by atoms with Crippen molar-refractivity contribution >= 4 is 15.9 Å². The summed E-state index contributed by atoms with van der Waals surface area (Å²) >= 11 is 0. The fourth-order valence-corrected chi connectivity index (χ4v) is 4.62. The molecule has 25 heavy (non-hydrogen) atoms. The molecule has 1 heterocycles. The minimum Gasteiger partial charge on any atom is -0.380 e. The van der Waals surface area contributed by atoms with Crippen LogP contribution in [0, 0.1) is 13.8 Å². The molecule has 8 heteroatoms. The molecule has 2 N–H and O–H groups in total. The van der Waals surface area contributed by atoms with Crippen LogP contribution in [0.2, 0.25) is 0 Å². The summed E-state index contributed by atoms with van der Waals surface area (Å²) in [6.07, 6.45) is -0.0827. The van der Waals surface area contributed by atoms with Crippen LogP contribution >= 0.6 is 0 Å². The molecule has 0 aliphatic carbocycles. The van der Waals surface area contributed by atoms with E-state index in [2.05, 4.69) is 0 Å². The Morgan fingerprint density at radius 3 is 2.44 bits per heavy atom. The highest BCUT2D eigenvalue weighted by atomic mass is 32.2. The fraction of sp³-hybridized carbons (Fsp3) is 0.588. The highest BCUT2D eigenvalue weighted by Crippen LogP contribution is 2.22. The van der Waals surface area contributed by atoms with Gasteiger partial charge in [0.1, 0.15) is 0 Å². The Bertz CT molecular complexity index is 709. The predicted octanol–water partition coefficient (Wildman–Crippen LogP) is 0.500. The Kier molecular flexibility index (Phi) is 6.56. The van der Waals surface area contributed by atoms with Gasteiger partial charge in [0.25, 0.3) is 0 Å². The quantitative estimate of drug-likeness (QED) is 0.788. The van der Waals surface area contributed by atoms with Crippen LogP contribution in [-0.2, 0) is 19.6 Å². The summed E-state index contributed by atoms with van der Waals surface area (Å²) in [7, 11) is -2.02. The number of amides is 1. The van der Waals surface area contributed by atoms with Gasteiger partial charge in [-0.2, -0.15) is 4.31 Å². The van der Waals surface area contributed by atoms with Crippen LogP contribution in [0.15, 0.2) is 23.1 Å². The molecule has 1 aliphatic rings. The van der Waals surface area contributed by atoms with Gasteiger partial charge in [0.2, 0.25) is 15.9 Å². The van der Waals surface area contributed by atoms with Gasteiger partial charge in [0.15, 0.2) is 0 Å². The molecule has 2 rings (SSSR count). The van der Waals surface area contributed by atoms with E-state index >= 15 is 0 Å². The number of ether oxygens (including phenoxy) is 1. The van der Waals surface area contributed by atoms with E-state index in [1.165, 1.54) is 11.4 Å². The lowest BCUT2D eigenvalue weighted by Crippen LogP contribution is -2.51. The van der Waals surface area contributed by atoms with E-state index in [-0.39, 0.29) is 25.0 Å². The van der Waals surface area contributed by atoms with Gasteiger partial charge >= 0.3 is 0 Å². The number of nitrogens with two attached hydrogens (primary N) is 1. The predicted molar refractivity (Wildman–Crippen MR) is 95.7 cm³/mol. The second-order valence-corrected chi connectivity index (χ2v) is 8.26. The molecule has 1 aromatic rings. The zero-order valence-corrected chi connectivity index (χ0v) is 15.9. The van der Waals surface area contributed by atoms with Gasteiger partial charge in [-0.05, 0) is 31.0 Å². The van der Waals surface area contributed by atoms with Crippen LogP contribution in [-0.4, -0.2) is 69.5 Å². The SMILES string of the molecule is COC(CN)CC(=O)N1CCN(S(=O)(=O)c2cc(C)ccc2C)CC1. The van der Waals surface area contributed by atoms with Crippen molar-refractivity contribution in [1.29, 1.82) is 0 Å². The number of sulfonamides is 1. The number of hydrogen-bond donors (Lipinski definition) is 1. The van der Waals surface area contributed by atoms with Crippen LogP contribution in [0.1, 0.15) is 17.5 Å². The molecule has 1 fully saturated rings. The summed E-state index contributed by atoms with van der Waals surface area (Å²) in [5.41, 5.74) is 7.19. The van der Waals surface area contributed by atoms with E-state index in [1.807, 2.05) is 19.1 Å². The molecule has 1 unspecified atom stereocenters. The Balaban J connectivity index is 2.04. The molecular formula is C17H27N3O4S. The highest BCUT2D eigenvalue weighted by molar-refractivity contribution is 7.89. The first-order valence-electron chi connectivity index (χ1n) is 8.37. The van der Waals surface area contributed by atoms with Crippen LogP contribution < -0.4 is 5.73 Å². The van der Waals surface area contributed by atoms with E-state index in [9.17, 15) is 13.2 Å². The summed E-state index contributed by atoms with van der Waals surface area (Å²) in [6, 6.07) is 5.42. The third-order valence-electron chi connectivity index (χ3n) is 4.55. The van der Waals surface area contributed by atoms with E-state index in [1.54, 1.807) is 17.9 Å². The molecule has 7 nitrogen and oxygen atoms in total. The average Bonchev–Trinajstić information content (AvgIpc) is 2.61. The van der Waals surface area contributed by atoms with Crippen molar-refractivity contribution in [2.45, 2.75) is 31.3 Å². The lowest BCUT2D eigenvalue weighted by atomic mass is 10.2. The monoisotopic (exact) mass is 369 g/mol. The van der Waals surface area contributed by atoms with Crippen molar-refractivity contribution < 1.29 is 17.9 Å². The zero-order valence-electron chi connectivity index (χ0n) is 15.1. The van der Waals surface area contributed by atoms with E-state index in [0.717, 1.165) is 11.1 Å². The van der Waals surface area contributed by atoms with E-state index < -0.39 is 10.0 Å². The van der Waals surface area contributed by atoms with Crippen molar-refractivity contribution in [1.82, 2.24) is 9.21 Å². The Hall–Kier alpha value is -1.48. The molecule has 1 atom stereocenters. The van der Waals surface area contributed by atoms with Crippen LogP contribution in [0.4, 0.5) is 0 Å². The topological polar surface area (TPSA) is 92.9 Å². The summed E-state index contributed by atoms with van der Waals surface area (Å²) in [6.45, 7) is 5.29. The second kappa shape index (κ2) is 8.27. The number of benzene rings is 1. The van der Waals surface area contributed by atoms with Gasteiger partial charge in [-0.25, -0.2) is 8.42 Å². The highest BCUT2D eigenvalue weighted by Gasteiger charge is 2.31. The average molecular weight is 369 g/mol.